The van der Waals surface area contributed by atoms with Gasteiger partial charge in [0.15, 0.2) is 5.84 Å². The molecule has 2 bridgehead atoms. The molecule has 4 aliphatic heterocycles. The minimum absolute atomic E-state index is 0.152. The Labute approximate surface area is 186 Å². The van der Waals surface area contributed by atoms with Crippen LogP contribution in [0.1, 0.15) is 19.8 Å². The number of amides is 1. The number of likely N-dealkylation sites (N-methyl/N-ethyl adjacent to an activating group) is 1. The Morgan fingerprint density at radius 2 is 1.84 bits per heavy atom. The van der Waals surface area contributed by atoms with Crippen LogP contribution in [0.4, 0.5) is 15.8 Å². The number of rotatable bonds is 2. The molecule has 4 heterocycles. The lowest BCUT2D eigenvalue weighted by molar-refractivity contribution is -0.122. The molecule has 8 heteroatoms. The number of halogens is 1. The first-order valence-corrected chi connectivity index (χ1v) is 11.2. The molecule has 0 aromatic heterocycles. The van der Waals surface area contributed by atoms with Gasteiger partial charge in [-0.25, -0.2) is 9.82 Å². The number of nitrogens with one attached hydrogen (secondary N) is 1. The SMILES string of the molecule is CC1C(=O)NN=C2COc3cc(-c4ccccc4F)c(N4C5CCC4CN(C)C5)cc3N21. The van der Waals surface area contributed by atoms with Crippen LogP contribution in [0, 0.1) is 5.82 Å². The first-order valence-electron chi connectivity index (χ1n) is 11.2. The van der Waals surface area contributed by atoms with Crippen molar-refractivity contribution in [2.24, 2.45) is 5.10 Å². The maximum absolute atomic E-state index is 15.0. The summed E-state index contributed by atoms with van der Waals surface area (Å²) in [4.78, 5) is 19.2. The minimum atomic E-state index is -0.401. The summed E-state index contributed by atoms with van der Waals surface area (Å²) in [6.45, 7) is 4.09. The molecule has 7 nitrogen and oxygen atoms in total. The van der Waals surface area contributed by atoms with E-state index in [0.717, 1.165) is 42.9 Å². The van der Waals surface area contributed by atoms with Crippen molar-refractivity contribution in [2.75, 3.05) is 36.5 Å². The van der Waals surface area contributed by atoms with E-state index < -0.39 is 6.04 Å². The number of amidine groups is 1. The van der Waals surface area contributed by atoms with Crippen LogP contribution in [-0.2, 0) is 4.79 Å². The van der Waals surface area contributed by atoms with Gasteiger partial charge in [-0.15, -0.1) is 0 Å². The molecule has 166 valence electrons. The zero-order valence-corrected chi connectivity index (χ0v) is 18.2. The molecule has 3 unspecified atom stereocenters. The second-order valence-corrected chi connectivity index (χ2v) is 9.17. The van der Waals surface area contributed by atoms with Crippen LogP contribution in [-0.4, -0.2) is 61.5 Å². The third-order valence-electron chi connectivity index (χ3n) is 7.14. The summed E-state index contributed by atoms with van der Waals surface area (Å²) in [5.41, 5.74) is 5.78. The lowest BCUT2D eigenvalue weighted by atomic mass is 9.97. The molecule has 0 aliphatic carbocycles. The Hall–Kier alpha value is -3.13. The summed E-state index contributed by atoms with van der Waals surface area (Å²) >= 11 is 0. The van der Waals surface area contributed by atoms with Crippen LogP contribution < -0.4 is 20.0 Å². The number of ether oxygens (including phenoxy) is 1. The zero-order valence-electron chi connectivity index (χ0n) is 18.2. The van der Waals surface area contributed by atoms with E-state index in [1.165, 1.54) is 6.07 Å². The van der Waals surface area contributed by atoms with E-state index in [-0.39, 0.29) is 18.3 Å². The zero-order chi connectivity index (χ0) is 22.0. The average Bonchev–Trinajstić information content (AvgIpc) is 3.06. The molecule has 2 aromatic rings. The lowest BCUT2D eigenvalue weighted by Gasteiger charge is -2.43. The highest BCUT2D eigenvalue weighted by molar-refractivity contribution is 6.10. The highest BCUT2D eigenvalue weighted by Gasteiger charge is 2.42. The van der Waals surface area contributed by atoms with E-state index in [1.807, 2.05) is 30.0 Å². The number of carbonyl (C=O) groups is 1. The second-order valence-electron chi connectivity index (χ2n) is 9.17. The van der Waals surface area contributed by atoms with Crippen molar-refractivity contribution in [3.05, 3.63) is 42.2 Å². The third kappa shape index (κ3) is 2.89. The average molecular weight is 436 g/mol. The third-order valence-corrected chi connectivity index (χ3v) is 7.14. The summed E-state index contributed by atoms with van der Waals surface area (Å²) in [6, 6.07) is 11.3. The molecule has 2 aromatic carbocycles. The predicted octanol–water partition coefficient (Wildman–Crippen LogP) is 2.81. The number of hydrazone groups is 1. The van der Waals surface area contributed by atoms with Crippen LogP contribution in [0.2, 0.25) is 0 Å². The van der Waals surface area contributed by atoms with Gasteiger partial charge in [0.1, 0.15) is 24.2 Å². The van der Waals surface area contributed by atoms with E-state index in [1.54, 1.807) is 6.07 Å². The van der Waals surface area contributed by atoms with Crippen LogP contribution in [0.3, 0.4) is 0 Å². The van der Waals surface area contributed by atoms with Crippen LogP contribution in [0.5, 0.6) is 5.75 Å². The monoisotopic (exact) mass is 435 g/mol. The highest BCUT2D eigenvalue weighted by Crippen LogP contribution is 2.47. The van der Waals surface area contributed by atoms with Crippen molar-refractivity contribution in [3.63, 3.8) is 0 Å². The molecule has 3 atom stereocenters. The number of hydrogen-bond acceptors (Lipinski definition) is 6. The first-order chi connectivity index (χ1) is 15.5. The number of likely N-dealkylation sites (tertiary alicyclic amines) is 1. The maximum atomic E-state index is 15.0. The van der Waals surface area contributed by atoms with Crippen LogP contribution in [0.15, 0.2) is 41.5 Å². The predicted molar refractivity (Wildman–Crippen MR) is 122 cm³/mol. The standard InChI is InChI=1S/C24H26FN5O2/c1-14-24(31)27-26-23-13-32-22-9-18(17-5-3-4-6-19(17)25)20(10-21(22)29(14)23)30-15-7-8-16(30)12-28(2)11-15/h3-6,9-10,14-16H,7-8,11-13H2,1-2H3,(H,27,31). The lowest BCUT2D eigenvalue weighted by Crippen LogP contribution is -2.55. The van der Waals surface area contributed by atoms with Gasteiger partial charge in [-0.2, -0.15) is 5.10 Å². The fourth-order valence-electron chi connectivity index (χ4n) is 5.68. The van der Waals surface area contributed by atoms with Gasteiger partial charge in [-0.05, 0) is 45.0 Å². The molecule has 0 spiro atoms. The van der Waals surface area contributed by atoms with E-state index in [9.17, 15) is 9.18 Å². The largest absolute Gasteiger partial charge is 0.483 e. The first kappa shape index (κ1) is 19.5. The number of anilines is 2. The molecule has 6 rings (SSSR count). The molecule has 1 amide bonds. The van der Waals surface area contributed by atoms with Gasteiger partial charge in [-0.3, -0.25) is 4.79 Å². The van der Waals surface area contributed by atoms with E-state index in [2.05, 4.69) is 33.4 Å². The van der Waals surface area contributed by atoms with Crippen molar-refractivity contribution in [1.82, 2.24) is 10.3 Å². The normalized spacial score (nSPS) is 26.8. The Balaban J connectivity index is 1.55. The molecule has 0 saturated carbocycles. The highest BCUT2D eigenvalue weighted by atomic mass is 19.1. The summed E-state index contributed by atoms with van der Waals surface area (Å²) in [5.74, 6) is 0.921. The smallest absolute Gasteiger partial charge is 0.262 e. The van der Waals surface area contributed by atoms with Crippen molar-refractivity contribution < 1.29 is 13.9 Å². The maximum Gasteiger partial charge on any atom is 0.262 e. The molecule has 2 saturated heterocycles. The van der Waals surface area contributed by atoms with Gasteiger partial charge in [0.05, 0.1) is 5.69 Å². The molecular formula is C24H26FN5O2. The number of fused-ring (bicyclic) bond motifs is 5. The Bertz CT molecular complexity index is 1120. The molecule has 4 aliphatic rings. The number of nitrogens with zero attached hydrogens (tertiary/aromatic N) is 4. The number of hydrogen-bond donors (Lipinski definition) is 1. The molecule has 2 fully saturated rings. The summed E-state index contributed by atoms with van der Waals surface area (Å²) in [7, 11) is 2.16. The quantitative estimate of drug-likeness (QED) is 0.786. The van der Waals surface area contributed by atoms with Crippen molar-refractivity contribution in [3.8, 4) is 16.9 Å². The van der Waals surface area contributed by atoms with Crippen molar-refractivity contribution in [1.29, 1.82) is 0 Å². The minimum Gasteiger partial charge on any atom is -0.483 e. The second kappa shape index (κ2) is 7.20. The number of piperazine rings is 1. The van der Waals surface area contributed by atoms with Gasteiger partial charge >= 0.3 is 0 Å². The van der Waals surface area contributed by atoms with E-state index in [0.29, 0.717) is 29.2 Å². The number of benzene rings is 2. The van der Waals surface area contributed by atoms with Crippen molar-refractivity contribution >= 4 is 23.1 Å². The topological polar surface area (TPSA) is 60.4 Å². The fourth-order valence-corrected chi connectivity index (χ4v) is 5.68. The van der Waals surface area contributed by atoms with Gasteiger partial charge in [0.25, 0.3) is 5.91 Å². The summed E-state index contributed by atoms with van der Waals surface area (Å²) < 4.78 is 21.0. The Kier molecular flexibility index (Phi) is 4.40. The van der Waals surface area contributed by atoms with Gasteiger partial charge in [0, 0.05) is 42.0 Å². The van der Waals surface area contributed by atoms with Gasteiger partial charge in [-0.1, -0.05) is 18.2 Å². The number of carbonyl (C=O) groups excluding carboxylic acids is 1. The summed E-state index contributed by atoms with van der Waals surface area (Å²) in [6.07, 6.45) is 2.24. The molecule has 1 N–H and O–H groups in total. The Morgan fingerprint density at radius 3 is 2.59 bits per heavy atom. The summed E-state index contributed by atoms with van der Waals surface area (Å²) in [5, 5.41) is 4.21. The fraction of sp³-hybridized carbons (Fsp3) is 0.417. The molecular weight excluding hydrogens is 409 g/mol. The van der Waals surface area contributed by atoms with Gasteiger partial charge in [0.2, 0.25) is 0 Å². The van der Waals surface area contributed by atoms with Crippen molar-refractivity contribution in [2.45, 2.75) is 37.9 Å². The van der Waals surface area contributed by atoms with Crippen LogP contribution in [0.25, 0.3) is 11.1 Å². The molecule has 0 radical (unpaired) electrons. The molecule has 32 heavy (non-hydrogen) atoms. The van der Waals surface area contributed by atoms with Crippen LogP contribution >= 0.6 is 0 Å². The van der Waals surface area contributed by atoms with Gasteiger partial charge < -0.3 is 19.4 Å². The Morgan fingerprint density at radius 1 is 1.09 bits per heavy atom. The van der Waals surface area contributed by atoms with E-state index >= 15 is 0 Å². The van der Waals surface area contributed by atoms with E-state index in [4.69, 9.17) is 4.74 Å².